The van der Waals surface area contributed by atoms with Gasteiger partial charge in [-0.05, 0) is 32.0 Å². The summed E-state index contributed by atoms with van der Waals surface area (Å²) in [5, 5.41) is 3.09. The van der Waals surface area contributed by atoms with E-state index in [2.05, 4.69) is 5.32 Å². The van der Waals surface area contributed by atoms with Crippen molar-refractivity contribution >= 4 is 11.7 Å². The zero-order chi connectivity index (χ0) is 19.9. The molecule has 2 aliphatic rings. The zero-order valence-corrected chi connectivity index (χ0v) is 16.4. The minimum absolute atomic E-state index is 0.141. The van der Waals surface area contributed by atoms with Gasteiger partial charge in [-0.15, -0.1) is 0 Å². The number of amides is 2. The minimum Gasteiger partial charge on any atom is -0.493 e. The molecule has 28 heavy (non-hydrogen) atoms. The lowest BCUT2D eigenvalue weighted by Crippen LogP contribution is -2.65. The van der Waals surface area contributed by atoms with E-state index in [1.54, 1.807) is 31.3 Å². The van der Waals surface area contributed by atoms with Crippen LogP contribution in [-0.2, 0) is 0 Å². The average Bonchev–Trinajstić information content (AvgIpc) is 2.68. The molecule has 0 spiro atoms. The second-order valence-electron chi connectivity index (χ2n) is 6.97. The van der Waals surface area contributed by atoms with Crippen LogP contribution in [0.5, 0.6) is 23.0 Å². The molecule has 2 aliphatic heterocycles. The lowest BCUT2D eigenvalue weighted by Gasteiger charge is -2.50. The van der Waals surface area contributed by atoms with Crippen molar-refractivity contribution in [1.82, 2.24) is 5.32 Å². The maximum Gasteiger partial charge on any atom is 0.325 e. The second-order valence-corrected chi connectivity index (χ2v) is 6.97. The molecule has 2 atom stereocenters. The van der Waals surface area contributed by atoms with Gasteiger partial charge in [-0.25, -0.2) is 4.79 Å². The van der Waals surface area contributed by atoms with Crippen molar-refractivity contribution in [2.24, 2.45) is 0 Å². The molecule has 7 heteroatoms. The fourth-order valence-electron chi connectivity index (χ4n) is 3.98. The van der Waals surface area contributed by atoms with Crippen LogP contribution in [0.2, 0.25) is 0 Å². The summed E-state index contributed by atoms with van der Waals surface area (Å²) in [6.07, 6.45) is 0.607. The van der Waals surface area contributed by atoms with Crippen LogP contribution in [0.1, 0.15) is 31.9 Å². The Balaban J connectivity index is 1.78. The molecule has 7 nitrogen and oxygen atoms in total. The van der Waals surface area contributed by atoms with Gasteiger partial charge in [-0.2, -0.15) is 0 Å². The maximum absolute atomic E-state index is 13.0. The number of carbonyl (C=O) groups is 1. The van der Waals surface area contributed by atoms with Gasteiger partial charge in [0.1, 0.15) is 0 Å². The first-order chi connectivity index (χ1) is 13.5. The van der Waals surface area contributed by atoms with Crippen LogP contribution in [0, 0.1) is 0 Å². The van der Waals surface area contributed by atoms with Crippen molar-refractivity contribution in [2.45, 2.75) is 32.0 Å². The van der Waals surface area contributed by atoms with Crippen molar-refractivity contribution < 1.29 is 23.7 Å². The highest BCUT2D eigenvalue weighted by Gasteiger charge is 2.50. The van der Waals surface area contributed by atoms with Gasteiger partial charge >= 0.3 is 6.03 Å². The Morgan fingerprint density at radius 2 is 1.96 bits per heavy atom. The number of ether oxygens (including phenoxy) is 4. The lowest BCUT2D eigenvalue weighted by molar-refractivity contribution is 0.0343. The van der Waals surface area contributed by atoms with Crippen molar-refractivity contribution in [3.05, 3.63) is 42.0 Å². The smallest absolute Gasteiger partial charge is 0.325 e. The Kier molecular flexibility index (Phi) is 4.45. The van der Waals surface area contributed by atoms with E-state index in [0.29, 0.717) is 41.7 Å². The number of nitrogens with zero attached hydrogens (tertiary/aromatic N) is 1. The molecule has 1 saturated heterocycles. The summed E-state index contributed by atoms with van der Waals surface area (Å²) in [6.45, 7) is 4.39. The molecule has 4 rings (SSSR count). The molecule has 0 unspecified atom stereocenters. The molecule has 2 heterocycles. The summed E-state index contributed by atoms with van der Waals surface area (Å²) >= 11 is 0. The van der Waals surface area contributed by atoms with Gasteiger partial charge in [0.2, 0.25) is 0 Å². The summed E-state index contributed by atoms with van der Waals surface area (Å²) in [5.74, 6) is 2.50. The van der Waals surface area contributed by atoms with Crippen molar-refractivity contribution in [3.63, 3.8) is 0 Å². The molecule has 0 aliphatic carbocycles. The third-order valence-electron chi connectivity index (χ3n) is 5.19. The molecule has 148 valence electrons. The SMILES string of the molecule is CCOc1cccc2c1O[C@]1(C)C[C@H]2NC(=O)N1c1ccc(OC)c(OC)c1. The molecule has 2 bridgehead atoms. The van der Waals surface area contributed by atoms with Crippen LogP contribution in [-0.4, -0.2) is 32.6 Å². The number of carbonyl (C=O) groups excluding carboxylic acids is 1. The first-order valence-electron chi connectivity index (χ1n) is 9.28. The molecule has 1 N–H and O–H groups in total. The number of benzene rings is 2. The van der Waals surface area contributed by atoms with E-state index in [-0.39, 0.29) is 12.1 Å². The quantitative estimate of drug-likeness (QED) is 0.847. The number of fused-ring (bicyclic) bond motifs is 4. The third-order valence-corrected chi connectivity index (χ3v) is 5.19. The van der Waals surface area contributed by atoms with E-state index in [1.807, 2.05) is 38.1 Å². The maximum atomic E-state index is 13.0. The van der Waals surface area contributed by atoms with Crippen molar-refractivity contribution in [2.75, 3.05) is 25.7 Å². The molecule has 0 saturated carbocycles. The van der Waals surface area contributed by atoms with Crippen LogP contribution in [0.3, 0.4) is 0 Å². The van der Waals surface area contributed by atoms with Gasteiger partial charge in [0.15, 0.2) is 28.7 Å². The van der Waals surface area contributed by atoms with E-state index in [1.165, 1.54) is 0 Å². The Hall–Kier alpha value is -3.09. The van der Waals surface area contributed by atoms with Gasteiger partial charge in [-0.1, -0.05) is 12.1 Å². The van der Waals surface area contributed by atoms with E-state index in [9.17, 15) is 4.79 Å². The van der Waals surface area contributed by atoms with Crippen LogP contribution in [0.15, 0.2) is 36.4 Å². The highest BCUT2D eigenvalue weighted by atomic mass is 16.5. The number of anilines is 1. The first-order valence-corrected chi connectivity index (χ1v) is 9.28. The normalized spacial score (nSPS) is 22.6. The number of methoxy groups -OCH3 is 2. The molecule has 2 aromatic rings. The molecule has 2 amide bonds. The van der Waals surface area contributed by atoms with E-state index in [4.69, 9.17) is 18.9 Å². The van der Waals surface area contributed by atoms with Gasteiger partial charge in [-0.3, -0.25) is 4.90 Å². The molecule has 0 radical (unpaired) electrons. The largest absolute Gasteiger partial charge is 0.493 e. The molecule has 1 fully saturated rings. The third kappa shape index (κ3) is 2.78. The molecular formula is C21H24N2O5. The summed E-state index contributed by atoms with van der Waals surface area (Å²) in [4.78, 5) is 14.6. The van der Waals surface area contributed by atoms with E-state index < -0.39 is 5.72 Å². The van der Waals surface area contributed by atoms with Crippen molar-refractivity contribution in [1.29, 1.82) is 0 Å². The lowest BCUT2D eigenvalue weighted by atomic mass is 9.90. The van der Waals surface area contributed by atoms with Crippen LogP contribution in [0.25, 0.3) is 0 Å². The number of rotatable bonds is 5. The van der Waals surface area contributed by atoms with E-state index >= 15 is 0 Å². The summed E-state index contributed by atoms with van der Waals surface area (Å²) < 4.78 is 22.9. The van der Waals surface area contributed by atoms with Crippen LogP contribution in [0.4, 0.5) is 10.5 Å². The zero-order valence-electron chi connectivity index (χ0n) is 16.4. The van der Waals surface area contributed by atoms with E-state index in [0.717, 1.165) is 5.56 Å². The van der Waals surface area contributed by atoms with Gasteiger partial charge in [0.25, 0.3) is 0 Å². The summed E-state index contributed by atoms with van der Waals surface area (Å²) in [7, 11) is 3.14. The highest BCUT2D eigenvalue weighted by Crippen LogP contribution is 2.49. The topological polar surface area (TPSA) is 69.3 Å². The minimum atomic E-state index is -0.868. The van der Waals surface area contributed by atoms with Crippen molar-refractivity contribution in [3.8, 4) is 23.0 Å². The fourth-order valence-corrected chi connectivity index (χ4v) is 3.98. The van der Waals surface area contributed by atoms with Gasteiger partial charge in [0.05, 0.1) is 32.6 Å². The Morgan fingerprint density at radius 1 is 1.18 bits per heavy atom. The second kappa shape index (κ2) is 6.82. The number of para-hydroxylation sites is 1. The first kappa shape index (κ1) is 18.3. The summed E-state index contributed by atoms with van der Waals surface area (Å²) in [5.41, 5.74) is 0.726. The average molecular weight is 384 g/mol. The number of hydrogen-bond donors (Lipinski definition) is 1. The Labute approximate surface area is 164 Å². The predicted molar refractivity (Wildman–Crippen MR) is 105 cm³/mol. The highest BCUT2D eigenvalue weighted by molar-refractivity contribution is 5.95. The molecular weight excluding hydrogens is 360 g/mol. The monoisotopic (exact) mass is 384 g/mol. The van der Waals surface area contributed by atoms with Gasteiger partial charge in [0, 0.05) is 18.1 Å². The predicted octanol–water partition coefficient (Wildman–Crippen LogP) is 3.87. The molecule has 0 aromatic heterocycles. The fraction of sp³-hybridized carbons (Fsp3) is 0.381. The Morgan fingerprint density at radius 3 is 2.68 bits per heavy atom. The standard InChI is InChI=1S/C21H24N2O5/c1-5-27-17-8-6-7-14-15-12-21(2,28-19(14)17)23(20(24)22-15)13-9-10-16(25-3)18(11-13)26-4/h6-11,15H,5,12H2,1-4H3,(H,22,24)/t15-,21-/m1/s1. The Bertz CT molecular complexity index is 916. The number of urea groups is 1. The van der Waals surface area contributed by atoms with Crippen LogP contribution < -0.4 is 29.2 Å². The number of hydrogen-bond acceptors (Lipinski definition) is 5. The van der Waals surface area contributed by atoms with Gasteiger partial charge < -0.3 is 24.3 Å². The van der Waals surface area contributed by atoms with Crippen LogP contribution >= 0.6 is 0 Å². The summed E-state index contributed by atoms with van der Waals surface area (Å²) in [6, 6.07) is 10.8. The number of nitrogens with one attached hydrogen (secondary N) is 1. The molecule has 2 aromatic carbocycles.